The number of nitrogens with one attached hydrogen (secondary N) is 2. The van der Waals surface area contributed by atoms with Crippen LogP contribution in [0.4, 0.5) is 26.2 Å². The zero-order valence-corrected chi connectivity index (χ0v) is 11.9. The highest BCUT2D eigenvalue weighted by molar-refractivity contribution is 5.54. The van der Waals surface area contributed by atoms with E-state index < -0.39 is 11.6 Å². The van der Waals surface area contributed by atoms with E-state index in [4.69, 9.17) is 0 Å². The smallest absolute Gasteiger partial charge is 0.249 e. The molecule has 0 spiro atoms. The van der Waals surface area contributed by atoms with Crippen LogP contribution in [-0.4, -0.2) is 20.2 Å². The minimum atomic E-state index is -0.733. The highest BCUT2D eigenvalue weighted by Crippen LogP contribution is 2.18. The Morgan fingerprint density at radius 1 is 1.04 bits per heavy atom. The van der Waals surface area contributed by atoms with Gasteiger partial charge in [-0.15, -0.1) is 5.10 Å². The standard InChI is InChI=1S/C15H12F2N6/c16-11-1-2-13(12(17)7-11)21-15-22-14(9-20-23-15)19-8-10-3-5-18-6-4-10/h1-7,9H,8H2,(H2,19,21,22,23). The van der Waals surface area contributed by atoms with Gasteiger partial charge in [-0.25, -0.2) is 8.78 Å². The predicted molar refractivity (Wildman–Crippen MR) is 81.0 cm³/mol. The molecule has 0 unspecified atom stereocenters. The van der Waals surface area contributed by atoms with Gasteiger partial charge in [-0.05, 0) is 29.8 Å². The number of rotatable bonds is 5. The van der Waals surface area contributed by atoms with E-state index >= 15 is 0 Å². The summed E-state index contributed by atoms with van der Waals surface area (Å²) >= 11 is 0. The lowest BCUT2D eigenvalue weighted by Crippen LogP contribution is -2.06. The Labute approximate surface area is 130 Å². The Hall–Kier alpha value is -3.16. The second-order valence-electron chi connectivity index (χ2n) is 4.62. The first kappa shape index (κ1) is 14.8. The lowest BCUT2D eigenvalue weighted by Gasteiger charge is -2.08. The van der Waals surface area contributed by atoms with Crippen molar-refractivity contribution in [1.29, 1.82) is 0 Å². The second-order valence-corrected chi connectivity index (χ2v) is 4.62. The van der Waals surface area contributed by atoms with Gasteiger partial charge in [0.1, 0.15) is 11.6 Å². The summed E-state index contributed by atoms with van der Waals surface area (Å²) in [7, 11) is 0. The Morgan fingerprint density at radius 3 is 2.65 bits per heavy atom. The van der Waals surface area contributed by atoms with Gasteiger partial charge in [0.2, 0.25) is 5.95 Å². The fourth-order valence-corrected chi connectivity index (χ4v) is 1.85. The summed E-state index contributed by atoms with van der Waals surface area (Å²) in [6, 6.07) is 6.93. The van der Waals surface area contributed by atoms with Gasteiger partial charge in [0.15, 0.2) is 5.82 Å². The summed E-state index contributed by atoms with van der Waals surface area (Å²) in [4.78, 5) is 8.11. The summed E-state index contributed by atoms with van der Waals surface area (Å²) in [6.07, 6.45) is 4.84. The number of hydrogen-bond acceptors (Lipinski definition) is 6. The van der Waals surface area contributed by atoms with Gasteiger partial charge in [-0.3, -0.25) is 4.98 Å². The van der Waals surface area contributed by atoms with Crippen LogP contribution in [0.3, 0.4) is 0 Å². The molecular formula is C15H12F2N6. The molecule has 116 valence electrons. The van der Waals surface area contributed by atoms with E-state index in [1.54, 1.807) is 12.4 Å². The van der Waals surface area contributed by atoms with Crippen LogP contribution in [0, 0.1) is 11.6 Å². The molecule has 0 amide bonds. The molecule has 6 nitrogen and oxygen atoms in total. The number of nitrogens with zero attached hydrogens (tertiary/aromatic N) is 4. The first-order chi connectivity index (χ1) is 11.2. The molecular weight excluding hydrogens is 302 g/mol. The third kappa shape index (κ3) is 3.94. The molecule has 0 aliphatic rings. The molecule has 0 saturated carbocycles. The lowest BCUT2D eigenvalue weighted by atomic mass is 10.3. The average molecular weight is 314 g/mol. The highest BCUT2D eigenvalue weighted by Gasteiger charge is 2.07. The van der Waals surface area contributed by atoms with Crippen LogP contribution in [0.5, 0.6) is 0 Å². The van der Waals surface area contributed by atoms with Crippen molar-refractivity contribution >= 4 is 17.5 Å². The molecule has 0 radical (unpaired) electrons. The number of benzene rings is 1. The van der Waals surface area contributed by atoms with E-state index in [9.17, 15) is 8.78 Å². The topological polar surface area (TPSA) is 75.6 Å². The number of hydrogen-bond donors (Lipinski definition) is 2. The maximum Gasteiger partial charge on any atom is 0.249 e. The molecule has 2 N–H and O–H groups in total. The zero-order chi connectivity index (χ0) is 16.1. The predicted octanol–water partition coefficient (Wildman–Crippen LogP) is 2.90. The van der Waals surface area contributed by atoms with Crippen molar-refractivity contribution in [1.82, 2.24) is 20.2 Å². The van der Waals surface area contributed by atoms with E-state index in [0.29, 0.717) is 12.4 Å². The molecule has 3 rings (SSSR count). The average Bonchev–Trinajstić information content (AvgIpc) is 2.57. The Kier molecular flexibility index (Phi) is 4.32. The van der Waals surface area contributed by atoms with Crippen molar-refractivity contribution in [2.75, 3.05) is 10.6 Å². The van der Waals surface area contributed by atoms with Crippen LogP contribution >= 0.6 is 0 Å². The van der Waals surface area contributed by atoms with Gasteiger partial charge in [0, 0.05) is 25.0 Å². The van der Waals surface area contributed by atoms with E-state index in [2.05, 4.69) is 30.8 Å². The van der Waals surface area contributed by atoms with Crippen molar-refractivity contribution in [2.24, 2.45) is 0 Å². The molecule has 0 saturated heterocycles. The van der Waals surface area contributed by atoms with Crippen molar-refractivity contribution in [3.63, 3.8) is 0 Å². The number of halogens is 2. The van der Waals surface area contributed by atoms with E-state index in [1.165, 1.54) is 12.3 Å². The summed E-state index contributed by atoms with van der Waals surface area (Å²) in [5.41, 5.74) is 1.09. The summed E-state index contributed by atoms with van der Waals surface area (Å²) in [5, 5.41) is 13.3. The Balaban J connectivity index is 1.69. The van der Waals surface area contributed by atoms with E-state index in [1.807, 2.05) is 12.1 Å². The highest BCUT2D eigenvalue weighted by atomic mass is 19.1. The summed E-state index contributed by atoms with van der Waals surface area (Å²) in [6.45, 7) is 0.533. The van der Waals surface area contributed by atoms with Crippen LogP contribution in [0.15, 0.2) is 48.9 Å². The SMILES string of the molecule is Fc1ccc(Nc2nncc(NCc3ccncc3)n2)c(F)c1. The fraction of sp³-hybridized carbons (Fsp3) is 0.0667. The summed E-state index contributed by atoms with van der Waals surface area (Å²) < 4.78 is 26.5. The zero-order valence-electron chi connectivity index (χ0n) is 11.9. The van der Waals surface area contributed by atoms with Crippen molar-refractivity contribution < 1.29 is 8.78 Å². The third-order valence-electron chi connectivity index (χ3n) is 2.96. The van der Waals surface area contributed by atoms with Crippen molar-refractivity contribution in [3.8, 4) is 0 Å². The third-order valence-corrected chi connectivity index (χ3v) is 2.96. The molecule has 2 aromatic heterocycles. The first-order valence-corrected chi connectivity index (χ1v) is 6.75. The molecule has 1 aromatic carbocycles. The first-order valence-electron chi connectivity index (χ1n) is 6.75. The molecule has 2 heterocycles. The van der Waals surface area contributed by atoms with Crippen molar-refractivity contribution in [2.45, 2.75) is 6.54 Å². The molecule has 0 atom stereocenters. The van der Waals surface area contributed by atoms with Crippen LogP contribution in [0.1, 0.15) is 5.56 Å². The molecule has 23 heavy (non-hydrogen) atoms. The van der Waals surface area contributed by atoms with Gasteiger partial charge < -0.3 is 10.6 Å². The normalized spacial score (nSPS) is 10.3. The molecule has 0 fully saturated rings. The van der Waals surface area contributed by atoms with Gasteiger partial charge in [0.05, 0.1) is 11.9 Å². The minimum Gasteiger partial charge on any atom is -0.365 e. The van der Waals surface area contributed by atoms with Crippen molar-refractivity contribution in [3.05, 3.63) is 66.1 Å². The maximum absolute atomic E-state index is 13.6. The van der Waals surface area contributed by atoms with Crippen LogP contribution in [0.2, 0.25) is 0 Å². The van der Waals surface area contributed by atoms with Crippen LogP contribution in [-0.2, 0) is 6.54 Å². The number of anilines is 3. The van der Waals surface area contributed by atoms with Gasteiger partial charge in [0.25, 0.3) is 0 Å². The maximum atomic E-state index is 13.6. The monoisotopic (exact) mass is 314 g/mol. The van der Waals surface area contributed by atoms with Gasteiger partial charge in [-0.2, -0.15) is 10.1 Å². The number of aromatic nitrogens is 4. The largest absolute Gasteiger partial charge is 0.365 e. The molecule has 3 aromatic rings. The lowest BCUT2D eigenvalue weighted by molar-refractivity contribution is 0.586. The molecule has 0 bridgehead atoms. The molecule has 8 heteroatoms. The Morgan fingerprint density at radius 2 is 1.87 bits per heavy atom. The summed E-state index contributed by atoms with van der Waals surface area (Å²) in [5.74, 6) is -0.805. The van der Waals surface area contributed by atoms with Gasteiger partial charge >= 0.3 is 0 Å². The van der Waals surface area contributed by atoms with Crippen LogP contribution in [0.25, 0.3) is 0 Å². The van der Waals surface area contributed by atoms with E-state index in [0.717, 1.165) is 17.7 Å². The number of pyridine rings is 1. The fourth-order valence-electron chi connectivity index (χ4n) is 1.85. The quantitative estimate of drug-likeness (QED) is 0.754. The molecule has 0 aliphatic heterocycles. The Bertz CT molecular complexity index is 797. The van der Waals surface area contributed by atoms with Crippen LogP contribution < -0.4 is 10.6 Å². The van der Waals surface area contributed by atoms with E-state index in [-0.39, 0.29) is 11.6 Å². The minimum absolute atomic E-state index is 0.0690. The van der Waals surface area contributed by atoms with Gasteiger partial charge in [-0.1, -0.05) is 0 Å². The second kappa shape index (κ2) is 6.73. The molecule has 0 aliphatic carbocycles.